The number of ether oxygens (including phenoxy) is 1. The molecule has 19 heavy (non-hydrogen) atoms. The summed E-state index contributed by atoms with van der Waals surface area (Å²) in [6.07, 6.45) is 2.85. The van der Waals surface area contributed by atoms with Crippen LogP contribution in [0.3, 0.4) is 0 Å². The summed E-state index contributed by atoms with van der Waals surface area (Å²) in [6.45, 7) is 2.19. The average Bonchev–Trinajstić information content (AvgIpc) is 2.74. The second kappa shape index (κ2) is 5.92. The standard InChI is InChI=1S/C13H16ClNO3S/c1-7-3-4-8-9(5-7)19-12(15-10(16)6-14)11(8)13(17)18-2/h7H,3-6H2,1-2H3,(H,15,16)/t7-/m0/s1. The van der Waals surface area contributed by atoms with E-state index in [1.165, 1.54) is 23.3 Å². The van der Waals surface area contributed by atoms with Gasteiger partial charge in [0.05, 0.1) is 12.7 Å². The summed E-state index contributed by atoms with van der Waals surface area (Å²) in [5, 5.41) is 3.26. The van der Waals surface area contributed by atoms with Crippen molar-refractivity contribution in [1.29, 1.82) is 0 Å². The Balaban J connectivity index is 2.41. The van der Waals surface area contributed by atoms with E-state index in [4.69, 9.17) is 16.3 Å². The lowest BCUT2D eigenvalue weighted by Gasteiger charge is -2.18. The molecule has 0 unspecified atom stereocenters. The Morgan fingerprint density at radius 3 is 2.89 bits per heavy atom. The molecular weight excluding hydrogens is 286 g/mol. The van der Waals surface area contributed by atoms with Gasteiger partial charge in [-0.2, -0.15) is 0 Å². The molecule has 1 aliphatic rings. The van der Waals surface area contributed by atoms with E-state index in [0.717, 1.165) is 24.8 Å². The van der Waals surface area contributed by atoms with Crippen LogP contribution in [-0.2, 0) is 22.4 Å². The van der Waals surface area contributed by atoms with Crippen molar-refractivity contribution < 1.29 is 14.3 Å². The van der Waals surface area contributed by atoms with E-state index in [0.29, 0.717) is 16.5 Å². The quantitative estimate of drug-likeness (QED) is 0.690. The molecule has 2 rings (SSSR count). The zero-order chi connectivity index (χ0) is 14.0. The molecule has 1 atom stereocenters. The third-order valence-electron chi connectivity index (χ3n) is 3.28. The minimum atomic E-state index is -0.392. The van der Waals surface area contributed by atoms with Crippen LogP contribution in [0.25, 0.3) is 0 Å². The number of nitrogens with one attached hydrogen (secondary N) is 1. The Morgan fingerprint density at radius 1 is 1.53 bits per heavy atom. The van der Waals surface area contributed by atoms with Crippen molar-refractivity contribution in [2.75, 3.05) is 18.3 Å². The number of anilines is 1. The van der Waals surface area contributed by atoms with Crippen LogP contribution in [0.5, 0.6) is 0 Å². The number of fused-ring (bicyclic) bond motifs is 1. The molecule has 1 aromatic rings. The van der Waals surface area contributed by atoms with E-state index in [1.54, 1.807) is 0 Å². The molecule has 0 spiro atoms. The SMILES string of the molecule is COC(=O)c1c(NC(=O)CCl)sc2c1CC[C@H](C)C2. The maximum absolute atomic E-state index is 11.9. The first-order valence-electron chi connectivity index (χ1n) is 6.15. The predicted molar refractivity (Wildman–Crippen MR) is 76.2 cm³/mol. The fourth-order valence-electron chi connectivity index (χ4n) is 2.32. The van der Waals surface area contributed by atoms with Crippen LogP contribution < -0.4 is 5.32 Å². The zero-order valence-electron chi connectivity index (χ0n) is 10.9. The fourth-order valence-corrected chi connectivity index (χ4v) is 3.80. The largest absolute Gasteiger partial charge is 0.465 e. The second-order valence-electron chi connectivity index (χ2n) is 4.73. The van der Waals surface area contributed by atoms with Gasteiger partial charge in [-0.1, -0.05) is 6.92 Å². The summed E-state index contributed by atoms with van der Waals surface area (Å²) in [4.78, 5) is 24.5. The van der Waals surface area contributed by atoms with Crippen LogP contribution in [0.4, 0.5) is 5.00 Å². The number of hydrogen-bond acceptors (Lipinski definition) is 4. The molecule has 6 heteroatoms. The summed E-state index contributed by atoms with van der Waals surface area (Å²) >= 11 is 6.96. The van der Waals surface area contributed by atoms with Crippen molar-refractivity contribution in [3.63, 3.8) is 0 Å². The van der Waals surface area contributed by atoms with Gasteiger partial charge in [0.2, 0.25) is 5.91 Å². The molecule has 1 aliphatic carbocycles. The van der Waals surface area contributed by atoms with Gasteiger partial charge < -0.3 is 10.1 Å². The number of carbonyl (C=O) groups excluding carboxylic acids is 2. The molecule has 0 saturated carbocycles. The van der Waals surface area contributed by atoms with E-state index < -0.39 is 5.97 Å². The minimum Gasteiger partial charge on any atom is -0.465 e. The minimum absolute atomic E-state index is 0.125. The van der Waals surface area contributed by atoms with Crippen molar-refractivity contribution in [2.24, 2.45) is 5.92 Å². The highest BCUT2D eigenvalue weighted by Gasteiger charge is 2.28. The topological polar surface area (TPSA) is 55.4 Å². The predicted octanol–water partition coefficient (Wildman–Crippen LogP) is 2.84. The fraction of sp³-hybridized carbons (Fsp3) is 0.538. The number of rotatable bonds is 3. The maximum Gasteiger partial charge on any atom is 0.341 e. The van der Waals surface area contributed by atoms with Crippen molar-refractivity contribution in [3.8, 4) is 0 Å². The highest BCUT2D eigenvalue weighted by atomic mass is 35.5. The van der Waals surface area contributed by atoms with Crippen LogP contribution in [0.2, 0.25) is 0 Å². The molecule has 0 radical (unpaired) electrons. The first kappa shape index (κ1) is 14.3. The molecule has 0 aromatic carbocycles. The highest BCUT2D eigenvalue weighted by molar-refractivity contribution is 7.17. The summed E-state index contributed by atoms with van der Waals surface area (Å²) < 4.78 is 4.83. The summed E-state index contributed by atoms with van der Waals surface area (Å²) in [6, 6.07) is 0. The van der Waals surface area contributed by atoms with Gasteiger partial charge in [0.15, 0.2) is 0 Å². The maximum atomic E-state index is 11.9. The number of alkyl halides is 1. The summed E-state index contributed by atoms with van der Waals surface area (Å²) in [5.74, 6) is -0.219. The molecule has 0 aliphatic heterocycles. The molecule has 0 bridgehead atoms. The number of halogens is 1. The summed E-state index contributed by atoms with van der Waals surface area (Å²) in [7, 11) is 1.35. The normalized spacial score (nSPS) is 17.7. The van der Waals surface area contributed by atoms with E-state index >= 15 is 0 Å². The zero-order valence-corrected chi connectivity index (χ0v) is 12.5. The number of carbonyl (C=O) groups is 2. The lowest BCUT2D eigenvalue weighted by atomic mass is 9.88. The first-order chi connectivity index (χ1) is 9.06. The average molecular weight is 302 g/mol. The van der Waals surface area contributed by atoms with Gasteiger partial charge in [0, 0.05) is 4.88 Å². The van der Waals surface area contributed by atoms with Crippen LogP contribution in [0, 0.1) is 5.92 Å². The Morgan fingerprint density at radius 2 is 2.26 bits per heavy atom. The number of methoxy groups -OCH3 is 1. The Labute approximate surface area is 121 Å². The second-order valence-corrected chi connectivity index (χ2v) is 6.10. The van der Waals surface area contributed by atoms with Gasteiger partial charge in [-0.25, -0.2) is 4.79 Å². The summed E-state index contributed by atoms with van der Waals surface area (Å²) in [5.41, 5.74) is 1.53. The van der Waals surface area contributed by atoms with Gasteiger partial charge in [-0.3, -0.25) is 4.79 Å². The van der Waals surface area contributed by atoms with Crippen molar-refractivity contribution >= 4 is 39.8 Å². The van der Waals surface area contributed by atoms with Crippen LogP contribution >= 0.6 is 22.9 Å². The molecule has 1 N–H and O–H groups in total. The van der Waals surface area contributed by atoms with Crippen molar-refractivity contribution in [3.05, 3.63) is 16.0 Å². The number of amides is 1. The third-order valence-corrected chi connectivity index (χ3v) is 4.69. The smallest absolute Gasteiger partial charge is 0.341 e. The lowest BCUT2D eigenvalue weighted by molar-refractivity contribution is -0.113. The lowest BCUT2D eigenvalue weighted by Crippen LogP contribution is -2.16. The van der Waals surface area contributed by atoms with E-state index in [9.17, 15) is 9.59 Å². The molecule has 0 saturated heterocycles. The van der Waals surface area contributed by atoms with Gasteiger partial charge in [0.1, 0.15) is 10.9 Å². The molecule has 104 valence electrons. The Bertz CT molecular complexity index is 512. The van der Waals surface area contributed by atoms with Gasteiger partial charge >= 0.3 is 5.97 Å². The number of esters is 1. The van der Waals surface area contributed by atoms with E-state index in [-0.39, 0.29) is 11.8 Å². The van der Waals surface area contributed by atoms with Crippen LogP contribution in [0.15, 0.2) is 0 Å². The van der Waals surface area contributed by atoms with Crippen molar-refractivity contribution in [1.82, 2.24) is 0 Å². The Hall–Kier alpha value is -1.07. The first-order valence-corrected chi connectivity index (χ1v) is 7.50. The third kappa shape index (κ3) is 2.92. The van der Waals surface area contributed by atoms with Gasteiger partial charge in [-0.05, 0) is 30.7 Å². The Kier molecular flexibility index (Phi) is 4.47. The molecule has 0 fully saturated rings. The number of hydrogen-bond donors (Lipinski definition) is 1. The molecule has 1 heterocycles. The highest BCUT2D eigenvalue weighted by Crippen LogP contribution is 2.39. The molecular formula is C13H16ClNO3S. The van der Waals surface area contributed by atoms with Gasteiger partial charge in [0.25, 0.3) is 0 Å². The van der Waals surface area contributed by atoms with Gasteiger partial charge in [-0.15, -0.1) is 22.9 Å². The molecule has 1 aromatic heterocycles. The number of thiophene rings is 1. The monoisotopic (exact) mass is 301 g/mol. The van der Waals surface area contributed by atoms with E-state index in [2.05, 4.69) is 12.2 Å². The van der Waals surface area contributed by atoms with Crippen LogP contribution in [-0.4, -0.2) is 24.9 Å². The molecule has 4 nitrogen and oxygen atoms in total. The molecule has 1 amide bonds. The van der Waals surface area contributed by atoms with Crippen molar-refractivity contribution in [2.45, 2.75) is 26.2 Å². The van der Waals surface area contributed by atoms with Crippen LogP contribution in [0.1, 0.15) is 34.1 Å². The van der Waals surface area contributed by atoms with E-state index in [1.807, 2.05) is 0 Å².